The van der Waals surface area contributed by atoms with Crippen LogP contribution in [0.1, 0.15) is 17.0 Å². The molecule has 1 aliphatic carbocycles. The summed E-state index contributed by atoms with van der Waals surface area (Å²) >= 11 is 3.28. The molecule has 0 radical (unpaired) electrons. The Morgan fingerprint density at radius 1 is 1.00 bits per heavy atom. The molecule has 0 aromatic heterocycles. The van der Waals surface area contributed by atoms with Crippen LogP contribution in [-0.4, -0.2) is 17.8 Å². The number of phenols is 1. The van der Waals surface area contributed by atoms with E-state index in [0.29, 0.717) is 10.2 Å². The Bertz CT molecular complexity index is 921. The summed E-state index contributed by atoms with van der Waals surface area (Å²) in [6, 6.07) is 21.1. The highest BCUT2D eigenvalue weighted by Crippen LogP contribution is 2.44. The Kier molecular flexibility index (Phi) is 4.39. The van der Waals surface area contributed by atoms with Gasteiger partial charge in [0.2, 0.25) is 0 Å². The van der Waals surface area contributed by atoms with Gasteiger partial charge < -0.3 is 9.84 Å². The summed E-state index contributed by atoms with van der Waals surface area (Å²) < 4.78 is 6.15. The van der Waals surface area contributed by atoms with Crippen molar-refractivity contribution in [2.75, 3.05) is 11.9 Å². The number of carbonyl (C=O) groups is 1. The van der Waals surface area contributed by atoms with Crippen molar-refractivity contribution in [2.24, 2.45) is 0 Å². The van der Waals surface area contributed by atoms with Crippen LogP contribution in [0.3, 0.4) is 0 Å². The Hall–Kier alpha value is -2.79. The quantitative estimate of drug-likeness (QED) is 0.598. The third kappa shape index (κ3) is 3.18. The molecule has 1 aliphatic rings. The van der Waals surface area contributed by atoms with Gasteiger partial charge in [-0.05, 0) is 34.4 Å². The summed E-state index contributed by atoms with van der Waals surface area (Å²) in [5.41, 5.74) is 5.18. The standard InChI is InChI=1S/C21H16BrNO3/c22-13-9-14(11-15(24)10-13)23-21(25)26-12-20-18-7-3-1-5-16(18)17-6-2-4-8-19(17)20/h1-11,20,24H,12H2,(H,23,25). The SMILES string of the molecule is O=C(Nc1cc(O)cc(Br)c1)OCC1c2ccccc2-c2ccccc21. The normalized spacial score (nSPS) is 12.3. The summed E-state index contributed by atoms with van der Waals surface area (Å²) in [5, 5.41) is 12.2. The monoisotopic (exact) mass is 409 g/mol. The smallest absolute Gasteiger partial charge is 0.411 e. The van der Waals surface area contributed by atoms with Crippen LogP contribution in [-0.2, 0) is 4.74 Å². The average molecular weight is 410 g/mol. The first-order valence-electron chi connectivity index (χ1n) is 8.23. The van der Waals surface area contributed by atoms with E-state index in [0.717, 1.165) is 0 Å². The number of benzene rings is 3. The van der Waals surface area contributed by atoms with E-state index in [-0.39, 0.29) is 18.3 Å². The van der Waals surface area contributed by atoms with Gasteiger partial charge in [-0.1, -0.05) is 64.5 Å². The number of hydrogen-bond donors (Lipinski definition) is 2. The van der Waals surface area contributed by atoms with Gasteiger partial charge in [-0.15, -0.1) is 0 Å². The molecule has 0 heterocycles. The molecule has 0 spiro atoms. The molecule has 0 saturated heterocycles. The molecule has 130 valence electrons. The molecule has 26 heavy (non-hydrogen) atoms. The lowest BCUT2D eigenvalue weighted by molar-refractivity contribution is 0.158. The first kappa shape index (κ1) is 16.7. The van der Waals surface area contributed by atoms with Crippen molar-refractivity contribution in [1.82, 2.24) is 0 Å². The molecular weight excluding hydrogens is 394 g/mol. The van der Waals surface area contributed by atoms with E-state index in [1.54, 1.807) is 12.1 Å². The van der Waals surface area contributed by atoms with Gasteiger partial charge >= 0.3 is 6.09 Å². The van der Waals surface area contributed by atoms with E-state index in [1.165, 1.54) is 28.3 Å². The predicted molar refractivity (Wildman–Crippen MR) is 104 cm³/mol. The lowest BCUT2D eigenvalue weighted by Crippen LogP contribution is -2.17. The highest BCUT2D eigenvalue weighted by atomic mass is 79.9. The Labute approximate surface area is 159 Å². The van der Waals surface area contributed by atoms with Gasteiger partial charge in [0, 0.05) is 22.1 Å². The van der Waals surface area contributed by atoms with Crippen molar-refractivity contribution in [3.05, 3.63) is 82.3 Å². The maximum atomic E-state index is 12.2. The van der Waals surface area contributed by atoms with Gasteiger partial charge in [0.05, 0.1) is 0 Å². The van der Waals surface area contributed by atoms with Crippen molar-refractivity contribution in [2.45, 2.75) is 5.92 Å². The molecule has 0 unspecified atom stereocenters. The van der Waals surface area contributed by atoms with Gasteiger partial charge in [0.1, 0.15) is 12.4 Å². The number of halogens is 1. The minimum Gasteiger partial charge on any atom is -0.508 e. The summed E-state index contributed by atoms with van der Waals surface area (Å²) in [7, 11) is 0. The number of rotatable bonds is 3. The maximum Gasteiger partial charge on any atom is 0.411 e. The van der Waals surface area contributed by atoms with Crippen molar-refractivity contribution < 1.29 is 14.6 Å². The van der Waals surface area contributed by atoms with Crippen molar-refractivity contribution in [3.8, 4) is 16.9 Å². The molecule has 2 N–H and O–H groups in total. The third-order valence-corrected chi connectivity index (χ3v) is 4.93. The third-order valence-electron chi connectivity index (χ3n) is 4.47. The molecule has 0 atom stereocenters. The van der Waals surface area contributed by atoms with E-state index >= 15 is 0 Å². The number of hydrogen-bond acceptors (Lipinski definition) is 3. The lowest BCUT2D eigenvalue weighted by Gasteiger charge is -2.14. The topological polar surface area (TPSA) is 58.6 Å². The summed E-state index contributed by atoms with van der Waals surface area (Å²) in [6.07, 6.45) is -0.552. The van der Waals surface area contributed by atoms with E-state index in [9.17, 15) is 9.90 Å². The molecule has 0 bridgehead atoms. The zero-order valence-electron chi connectivity index (χ0n) is 13.8. The van der Waals surface area contributed by atoms with Gasteiger partial charge in [-0.2, -0.15) is 0 Å². The van der Waals surface area contributed by atoms with Crippen LogP contribution < -0.4 is 5.32 Å². The first-order chi connectivity index (χ1) is 12.6. The predicted octanol–water partition coefficient (Wildman–Crippen LogP) is 5.52. The maximum absolute atomic E-state index is 12.2. The van der Waals surface area contributed by atoms with Crippen LogP contribution in [0.15, 0.2) is 71.2 Å². The highest BCUT2D eigenvalue weighted by molar-refractivity contribution is 9.10. The van der Waals surface area contributed by atoms with Crippen LogP contribution in [0, 0.1) is 0 Å². The zero-order valence-corrected chi connectivity index (χ0v) is 15.4. The molecule has 1 amide bonds. The fourth-order valence-electron chi connectivity index (χ4n) is 3.40. The van der Waals surface area contributed by atoms with Crippen molar-refractivity contribution in [3.63, 3.8) is 0 Å². The zero-order chi connectivity index (χ0) is 18.1. The summed E-state index contributed by atoms with van der Waals surface area (Å²) in [5.74, 6) is 0.0809. The molecule has 4 nitrogen and oxygen atoms in total. The fourth-order valence-corrected chi connectivity index (χ4v) is 3.88. The number of ether oxygens (including phenoxy) is 1. The van der Waals surface area contributed by atoms with Crippen molar-refractivity contribution in [1.29, 1.82) is 0 Å². The lowest BCUT2D eigenvalue weighted by atomic mass is 9.98. The van der Waals surface area contributed by atoms with Crippen molar-refractivity contribution >= 4 is 27.7 Å². The Morgan fingerprint density at radius 3 is 2.23 bits per heavy atom. The van der Waals surface area contributed by atoms with Crippen LogP contribution >= 0.6 is 15.9 Å². The van der Waals surface area contributed by atoms with Crippen LogP contribution in [0.2, 0.25) is 0 Å². The van der Waals surface area contributed by atoms with E-state index < -0.39 is 6.09 Å². The van der Waals surface area contributed by atoms with E-state index in [1.807, 2.05) is 24.3 Å². The number of aromatic hydroxyl groups is 1. The number of fused-ring (bicyclic) bond motifs is 3. The number of phenolic OH excluding ortho intramolecular Hbond substituents is 1. The average Bonchev–Trinajstić information content (AvgIpc) is 2.93. The van der Waals surface area contributed by atoms with Gasteiger partial charge in [-0.25, -0.2) is 4.79 Å². The molecule has 4 rings (SSSR count). The van der Waals surface area contributed by atoms with E-state index in [4.69, 9.17) is 4.74 Å². The van der Waals surface area contributed by atoms with Gasteiger partial charge in [-0.3, -0.25) is 5.32 Å². The highest BCUT2D eigenvalue weighted by Gasteiger charge is 2.28. The van der Waals surface area contributed by atoms with Crippen LogP contribution in [0.25, 0.3) is 11.1 Å². The fraction of sp³-hybridized carbons (Fsp3) is 0.0952. The minimum atomic E-state index is -0.552. The molecule has 3 aromatic rings. The van der Waals surface area contributed by atoms with Crippen LogP contribution in [0.4, 0.5) is 10.5 Å². The van der Waals surface area contributed by atoms with Gasteiger partial charge in [0.25, 0.3) is 0 Å². The molecule has 5 heteroatoms. The number of carbonyl (C=O) groups excluding carboxylic acids is 1. The number of anilines is 1. The Balaban J connectivity index is 1.50. The summed E-state index contributed by atoms with van der Waals surface area (Å²) in [6.45, 7) is 0.250. The van der Waals surface area contributed by atoms with Crippen LogP contribution in [0.5, 0.6) is 5.75 Å². The Morgan fingerprint density at radius 2 is 1.62 bits per heavy atom. The first-order valence-corrected chi connectivity index (χ1v) is 9.02. The molecule has 3 aromatic carbocycles. The molecular formula is C21H16BrNO3. The van der Waals surface area contributed by atoms with E-state index in [2.05, 4.69) is 45.5 Å². The number of amides is 1. The molecule has 0 saturated carbocycles. The summed E-state index contributed by atoms with van der Waals surface area (Å²) in [4.78, 5) is 12.2. The number of nitrogens with one attached hydrogen (secondary N) is 1. The second-order valence-electron chi connectivity index (χ2n) is 6.15. The molecule has 0 aliphatic heterocycles. The minimum absolute atomic E-state index is 0.0177. The van der Waals surface area contributed by atoms with Gasteiger partial charge in [0.15, 0.2) is 0 Å². The largest absolute Gasteiger partial charge is 0.508 e. The molecule has 0 fully saturated rings. The second kappa shape index (κ2) is 6.84. The second-order valence-corrected chi connectivity index (χ2v) is 7.06.